The van der Waals surface area contributed by atoms with Crippen LogP contribution in [0.1, 0.15) is 0 Å². The summed E-state index contributed by atoms with van der Waals surface area (Å²) in [4.78, 5) is 0.0860. The Kier molecular flexibility index (Phi) is 6.91. The van der Waals surface area contributed by atoms with Crippen LogP contribution in [0.15, 0.2) is 47.4 Å². The number of thiocarbonyl (C=S) groups is 1. The van der Waals surface area contributed by atoms with E-state index in [1.807, 2.05) is 18.2 Å². The van der Waals surface area contributed by atoms with Crippen molar-refractivity contribution >= 4 is 38.7 Å². The molecule has 0 aromatic heterocycles. The molecule has 2 aromatic rings. The van der Waals surface area contributed by atoms with E-state index in [1.165, 1.54) is 17.5 Å². The van der Waals surface area contributed by atoms with Crippen molar-refractivity contribution in [3.8, 4) is 11.5 Å². The van der Waals surface area contributed by atoms with E-state index in [0.717, 1.165) is 0 Å². The van der Waals surface area contributed by atoms with Gasteiger partial charge in [-0.3, -0.25) is 0 Å². The number of hydrogen-bond donors (Lipinski definition) is 2. The van der Waals surface area contributed by atoms with Crippen LogP contribution in [0.3, 0.4) is 0 Å². The molecule has 156 valence electrons. The summed E-state index contributed by atoms with van der Waals surface area (Å²) in [6.07, 6.45) is 0. The van der Waals surface area contributed by atoms with Crippen molar-refractivity contribution in [1.82, 2.24) is 4.31 Å². The van der Waals surface area contributed by atoms with Crippen LogP contribution in [0.2, 0.25) is 0 Å². The molecule has 0 amide bonds. The van der Waals surface area contributed by atoms with Gasteiger partial charge in [-0.2, -0.15) is 4.31 Å². The molecule has 2 N–H and O–H groups in total. The first-order valence-corrected chi connectivity index (χ1v) is 10.8. The van der Waals surface area contributed by atoms with Crippen molar-refractivity contribution in [2.75, 3.05) is 51.2 Å². The van der Waals surface area contributed by atoms with Crippen molar-refractivity contribution in [2.45, 2.75) is 4.90 Å². The fraction of sp³-hybridized carbons (Fsp3) is 0.316. The highest BCUT2D eigenvalue weighted by Crippen LogP contribution is 2.30. The Morgan fingerprint density at radius 1 is 1.03 bits per heavy atom. The van der Waals surface area contributed by atoms with Gasteiger partial charge >= 0.3 is 0 Å². The summed E-state index contributed by atoms with van der Waals surface area (Å²) < 4.78 is 43.6. The van der Waals surface area contributed by atoms with Crippen molar-refractivity contribution < 1.29 is 22.6 Å². The van der Waals surface area contributed by atoms with Crippen molar-refractivity contribution in [3.05, 3.63) is 42.5 Å². The molecular formula is C19H23N3O5S2. The summed E-state index contributed by atoms with van der Waals surface area (Å²) >= 11 is 5.39. The summed E-state index contributed by atoms with van der Waals surface area (Å²) in [5, 5.41) is 6.25. The first-order chi connectivity index (χ1) is 14.0. The van der Waals surface area contributed by atoms with Gasteiger partial charge in [0.25, 0.3) is 0 Å². The highest BCUT2D eigenvalue weighted by atomic mass is 32.2. The number of ether oxygens (including phenoxy) is 3. The lowest BCUT2D eigenvalue weighted by Gasteiger charge is -2.27. The average Bonchev–Trinajstić information content (AvgIpc) is 2.75. The molecule has 0 spiro atoms. The van der Waals surface area contributed by atoms with E-state index >= 15 is 0 Å². The maximum absolute atomic E-state index is 13.2. The summed E-state index contributed by atoms with van der Waals surface area (Å²) in [7, 11) is -0.707. The molecule has 1 saturated heterocycles. The lowest BCUT2D eigenvalue weighted by atomic mass is 10.3. The standard InChI is InChI=1S/C19H23N3O5S2/c1-25-14-7-8-16(18(13-14)29(23,24)22-9-11-27-12-10-22)21-19(28)20-15-5-3-4-6-17(15)26-2/h3-8,13H,9-12H2,1-2H3,(H2,20,21,28). The molecule has 0 bridgehead atoms. The minimum Gasteiger partial charge on any atom is -0.497 e. The van der Waals surface area contributed by atoms with Gasteiger partial charge in [0.05, 0.1) is 38.8 Å². The van der Waals surface area contributed by atoms with Crippen LogP contribution in [0.25, 0.3) is 0 Å². The summed E-state index contributed by atoms with van der Waals surface area (Å²) in [6, 6.07) is 12.1. The SMILES string of the molecule is COc1ccc(NC(=S)Nc2ccccc2OC)c(S(=O)(=O)N2CCOCC2)c1. The molecule has 0 radical (unpaired) electrons. The summed E-state index contributed by atoms with van der Waals surface area (Å²) in [6.45, 7) is 1.31. The molecule has 8 nitrogen and oxygen atoms in total. The molecular weight excluding hydrogens is 414 g/mol. The third-order valence-electron chi connectivity index (χ3n) is 4.38. The van der Waals surface area contributed by atoms with Gasteiger partial charge in [-0.1, -0.05) is 12.1 Å². The monoisotopic (exact) mass is 437 g/mol. The zero-order chi connectivity index (χ0) is 20.9. The van der Waals surface area contributed by atoms with E-state index in [1.54, 1.807) is 25.3 Å². The number of anilines is 2. The van der Waals surface area contributed by atoms with Crippen LogP contribution in [-0.4, -0.2) is 58.4 Å². The van der Waals surface area contributed by atoms with E-state index in [-0.39, 0.29) is 10.0 Å². The maximum Gasteiger partial charge on any atom is 0.245 e. The zero-order valence-corrected chi connectivity index (χ0v) is 17.8. The number of methoxy groups -OCH3 is 2. The third kappa shape index (κ3) is 4.96. The Balaban J connectivity index is 1.88. The molecule has 0 aliphatic carbocycles. The molecule has 29 heavy (non-hydrogen) atoms. The molecule has 0 saturated carbocycles. The molecule has 1 fully saturated rings. The number of morpholine rings is 1. The molecule has 0 atom stereocenters. The van der Waals surface area contributed by atoms with E-state index in [9.17, 15) is 8.42 Å². The minimum atomic E-state index is -3.76. The van der Waals surface area contributed by atoms with E-state index in [2.05, 4.69) is 10.6 Å². The van der Waals surface area contributed by atoms with Crippen LogP contribution >= 0.6 is 12.2 Å². The van der Waals surface area contributed by atoms with E-state index in [0.29, 0.717) is 49.2 Å². The van der Waals surface area contributed by atoms with Crippen molar-refractivity contribution in [3.63, 3.8) is 0 Å². The van der Waals surface area contributed by atoms with E-state index < -0.39 is 10.0 Å². The second-order valence-electron chi connectivity index (χ2n) is 6.16. The highest BCUT2D eigenvalue weighted by Gasteiger charge is 2.29. The first-order valence-electron chi connectivity index (χ1n) is 8.92. The molecule has 1 aliphatic heterocycles. The van der Waals surface area contributed by atoms with Gasteiger partial charge in [-0.25, -0.2) is 8.42 Å². The molecule has 10 heteroatoms. The Morgan fingerprint density at radius 3 is 2.41 bits per heavy atom. The molecule has 1 heterocycles. The molecule has 1 aliphatic rings. The predicted octanol–water partition coefficient (Wildman–Crippen LogP) is 2.53. The topological polar surface area (TPSA) is 89.1 Å². The number of para-hydroxylation sites is 2. The lowest BCUT2D eigenvalue weighted by molar-refractivity contribution is 0.0730. The summed E-state index contributed by atoms with van der Waals surface area (Å²) in [5.74, 6) is 1.05. The predicted molar refractivity (Wildman–Crippen MR) is 115 cm³/mol. The largest absolute Gasteiger partial charge is 0.497 e. The number of sulfonamides is 1. The molecule has 3 rings (SSSR count). The number of benzene rings is 2. The smallest absolute Gasteiger partial charge is 0.245 e. The molecule has 0 unspecified atom stereocenters. The van der Waals surface area contributed by atoms with Crippen LogP contribution in [0.5, 0.6) is 11.5 Å². The van der Waals surface area contributed by atoms with Gasteiger partial charge in [0.15, 0.2) is 5.11 Å². The van der Waals surface area contributed by atoms with Gasteiger partial charge in [-0.05, 0) is 36.5 Å². The highest BCUT2D eigenvalue weighted by molar-refractivity contribution is 7.89. The second-order valence-corrected chi connectivity index (χ2v) is 8.47. The van der Waals surface area contributed by atoms with Crippen LogP contribution in [0.4, 0.5) is 11.4 Å². The number of nitrogens with zero attached hydrogens (tertiary/aromatic N) is 1. The number of hydrogen-bond acceptors (Lipinski definition) is 6. The maximum atomic E-state index is 13.2. The van der Waals surface area contributed by atoms with Crippen molar-refractivity contribution in [2.24, 2.45) is 0 Å². The fourth-order valence-corrected chi connectivity index (χ4v) is 4.69. The minimum absolute atomic E-state index is 0.0860. The number of rotatable bonds is 6. The number of nitrogens with one attached hydrogen (secondary N) is 2. The fourth-order valence-electron chi connectivity index (χ4n) is 2.90. The van der Waals surface area contributed by atoms with Gasteiger partial charge in [0.1, 0.15) is 16.4 Å². The van der Waals surface area contributed by atoms with Gasteiger partial charge < -0.3 is 24.8 Å². The van der Waals surface area contributed by atoms with Crippen LogP contribution < -0.4 is 20.1 Å². The Hall–Kier alpha value is -2.40. The zero-order valence-electron chi connectivity index (χ0n) is 16.2. The average molecular weight is 438 g/mol. The van der Waals surface area contributed by atoms with Gasteiger partial charge in [-0.15, -0.1) is 0 Å². The third-order valence-corrected chi connectivity index (χ3v) is 6.52. The normalized spacial score (nSPS) is 14.8. The Labute approximate surface area is 175 Å². The quantitative estimate of drug-likeness (QED) is 0.667. The second kappa shape index (κ2) is 9.40. The van der Waals surface area contributed by atoms with Crippen LogP contribution in [0, 0.1) is 0 Å². The lowest BCUT2D eigenvalue weighted by Crippen LogP contribution is -2.41. The van der Waals surface area contributed by atoms with Gasteiger partial charge in [0.2, 0.25) is 10.0 Å². The van der Waals surface area contributed by atoms with E-state index in [4.69, 9.17) is 26.4 Å². The van der Waals surface area contributed by atoms with Crippen LogP contribution in [-0.2, 0) is 14.8 Å². The van der Waals surface area contributed by atoms with Crippen molar-refractivity contribution in [1.29, 1.82) is 0 Å². The summed E-state index contributed by atoms with van der Waals surface area (Å²) in [5.41, 5.74) is 1.02. The molecule has 2 aromatic carbocycles. The first kappa shape index (κ1) is 21.3. The Morgan fingerprint density at radius 2 is 1.72 bits per heavy atom. The Bertz CT molecular complexity index is 976. The van der Waals surface area contributed by atoms with Gasteiger partial charge in [0, 0.05) is 19.2 Å².